The molecule has 0 aliphatic carbocycles. The van der Waals surface area contributed by atoms with Gasteiger partial charge in [0, 0.05) is 31.7 Å². The number of nitrogens with zero attached hydrogens (tertiary/aromatic N) is 2. The summed E-state index contributed by atoms with van der Waals surface area (Å²) >= 11 is 0. The van der Waals surface area contributed by atoms with Crippen molar-refractivity contribution in [2.24, 2.45) is 0 Å². The highest BCUT2D eigenvalue weighted by molar-refractivity contribution is 6.46. The monoisotopic (exact) mass is 482 g/mol. The fourth-order valence-corrected chi connectivity index (χ4v) is 4.46. The zero-order valence-electron chi connectivity index (χ0n) is 20.2. The van der Waals surface area contributed by atoms with Gasteiger partial charge in [-0.1, -0.05) is 12.1 Å². The number of aliphatic hydroxyl groups excluding tert-OH is 1. The molecule has 2 heterocycles. The Morgan fingerprint density at radius 3 is 2.26 bits per heavy atom. The van der Waals surface area contributed by atoms with E-state index in [0.717, 1.165) is 13.1 Å². The number of carbonyl (C=O) groups is 2. The first-order valence-electron chi connectivity index (χ1n) is 11.4. The van der Waals surface area contributed by atoms with Crippen molar-refractivity contribution in [3.05, 3.63) is 59.2 Å². The molecule has 0 bridgehead atoms. The number of ketones is 1. The summed E-state index contributed by atoms with van der Waals surface area (Å²) in [5.41, 5.74) is 1.09. The smallest absolute Gasteiger partial charge is 0.295 e. The van der Waals surface area contributed by atoms with Crippen LogP contribution >= 0.6 is 0 Å². The molecule has 2 aromatic rings. The summed E-state index contributed by atoms with van der Waals surface area (Å²) in [4.78, 5) is 30.1. The molecule has 2 aliphatic rings. The van der Waals surface area contributed by atoms with Crippen LogP contribution in [0.15, 0.2) is 48.0 Å². The molecule has 1 unspecified atom stereocenters. The van der Waals surface area contributed by atoms with Crippen molar-refractivity contribution in [3.8, 4) is 17.2 Å². The van der Waals surface area contributed by atoms with Crippen LogP contribution in [-0.2, 0) is 14.3 Å². The number of ether oxygens (including phenoxy) is 4. The SMILES string of the molecule is COc1ccc(C2/C(=C(/O)c3ccc(OC)c(OC)c3)C(=O)C(=O)N2CCN2CCOCC2)cc1. The number of morpholine rings is 1. The van der Waals surface area contributed by atoms with E-state index < -0.39 is 17.7 Å². The van der Waals surface area contributed by atoms with Gasteiger partial charge in [0.15, 0.2) is 11.5 Å². The van der Waals surface area contributed by atoms with Crippen LogP contribution < -0.4 is 14.2 Å². The third kappa shape index (κ3) is 4.96. The summed E-state index contributed by atoms with van der Waals surface area (Å²) in [5, 5.41) is 11.3. The maximum absolute atomic E-state index is 13.2. The highest BCUT2D eigenvalue weighted by Gasteiger charge is 2.46. The topological polar surface area (TPSA) is 97.8 Å². The van der Waals surface area contributed by atoms with Crippen molar-refractivity contribution >= 4 is 17.4 Å². The summed E-state index contributed by atoms with van der Waals surface area (Å²) in [6.07, 6.45) is 0. The second kappa shape index (κ2) is 10.8. The van der Waals surface area contributed by atoms with Crippen LogP contribution in [0.1, 0.15) is 17.2 Å². The number of amides is 1. The highest BCUT2D eigenvalue weighted by Crippen LogP contribution is 2.41. The standard InChI is InChI=1S/C26H30N2O7/c1-32-19-7-4-17(5-8-19)23-22(24(29)18-6-9-20(33-2)21(16-18)34-3)25(30)26(31)28(23)11-10-27-12-14-35-15-13-27/h4-9,16,23,29H,10-15H2,1-3H3/b24-22-. The van der Waals surface area contributed by atoms with E-state index in [4.69, 9.17) is 18.9 Å². The normalized spacial score (nSPS) is 20.2. The van der Waals surface area contributed by atoms with E-state index in [9.17, 15) is 14.7 Å². The number of hydrogen-bond donors (Lipinski definition) is 1. The van der Waals surface area contributed by atoms with E-state index >= 15 is 0 Å². The van der Waals surface area contributed by atoms with Crippen LogP contribution in [0.4, 0.5) is 0 Å². The number of likely N-dealkylation sites (tertiary alicyclic amines) is 1. The van der Waals surface area contributed by atoms with Gasteiger partial charge in [0.2, 0.25) is 0 Å². The molecule has 1 amide bonds. The molecule has 2 fully saturated rings. The van der Waals surface area contributed by atoms with Gasteiger partial charge in [-0.15, -0.1) is 0 Å². The number of benzene rings is 2. The quantitative estimate of drug-likeness (QED) is 0.348. The van der Waals surface area contributed by atoms with Gasteiger partial charge in [-0.25, -0.2) is 0 Å². The number of hydrogen-bond acceptors (Lipinski definition) is 8. The maximum Gasteiger partial charge on any atom is 0.295 e. The van der Waals surface area contributed by atoms with Crippen LogP contribution in [-0.4, -0.2) is 87.3 Å². The minimum Gasteiger partial charge on any atom is -0.507 e. The molecule has 9 nitrogen and oxygen atoms in total. The zero-order valence-corrected chi connectivity index (χ0v) is 20.2. The van der Waals surface area contributed by atoms with Gasteiger partial charge >= 0.3 is 0 Å². The fraction of sp³-hybridized carbons (Fsp3) is 0.385. The largest absolute Gasteiger partial charge is 0.507 e. The van der Waals surface area contributed by atoms with Crippen molar-refractivity contribution in [1.82, 2.24) is 9.80 Å². The number of carbonyl (C=O) groups excluding carboxylic acids is 2. The lowest BCUT2D eigenvalue weighted by Crippen LogP contribution is -2.42. The van der Waals surface area contributed by atoms with Crippen LogP contribution in [0.5, 0.6) is 17.2 Å². The Bertz CT molecular complexity index is 1110. The Balaban J connectivity index is 1.75. The van der Waals surface area contributed by atoms with Gasteiger partial charge in [0.1, 0.15) is 11.5 Å². The third-order valence-corrected chi connectivity index (χ3v) is 6.39. The molecule has 0 radical (unpaired) electrons. The Morgan fingerprint density at radius 2 is 1.63 bits per heavy atom. The molecule has 0 saturated carbocycles. The van der Waals surface area contributed by atoms with Crippen molar-refractivity contribution in [1.29, 1.82) is 0 Å². The summed E-state index contributed by atoms with van der Waals surface area (Å²) in [7, 11) is 4.57. The van der Waals surface area contributed by atoms with Gasteiger partial charge in [0.05, 0.1) is 46.2 Å². The Morgan fingerprint density at radius 1 is 0.943 bits per heavy atom. The Labute approximate surface area is 204 Å². The molecule has 4 rings (SSSR count). The minimum absolute atomic E-state index is 0.0364. The van der Waals surface area contributed by atoms with E-state index in [1.165, 1.54) is 19.1 Å². The van der Waals surface area contributed by atoms with E-state index in [2.05, 4.69) is 4.90 Å². The molecule has 35 heavy (non-hydrogen) atoms. The van der Waals surface area contributed by atoms with Crippen molar-refractivity contribution in [2.75, 3.05) is 60.7 Å². The van der Waals surface area contributed by atoms with Crippen molar-refractivity contribution in [2.45, 2.75) is 6.04 Å². The van der Waals surface area contributed by atoms with Gasteiger partial charge < -0.3 is 29.0 Å². The molecule has 2 saturated heterocycles. The lowest BCUT2D eigenvalue weighted by molar-refractivity contribution is -0.140. The summed E-state index contributed by atoms with van der Waals surface area (Å²) < 4.78 is 21.3. The van der Waals surface area contributed by atoms with Crippen LogP contribution in [0.3, 0.4) is 0 Å². The van der Waals surface area contributed by atoms with Gasteiger partial charge in [-0.2, -0.15) is 0 Å². The van der Waals surface area contributed by atoms with Crippen LogP contribution in [0, 0.1) is 0 Å². The lowest BCUT2D eigenvalue weighted by Gasteiger charge is -2.31. The lowest BCUT2D eigenvalue weighted by atomic mass is 9.95. The number of Topliss-reactive ketones (excluding diaryl/α,β-unsaturated/α-hetero) is 1. The molecule has 1 N–H and O–H groups in total. The minimum atomic E-state index is -0.741. The molecule has 0 aromatic heterocycles. The van der Waals surface area contributed by atoms with E-state index in [-0.39, 0.29) is 11.3 Å². The highest BCUT2D eigenvalue weighted by atomic mass is 16.5. The van der Waals surface area contributed by atoms with Crippen LogP contribution in [0.2, 0.25) is 0 Å². The second-order valence-corrected chi connectivity index (χ2v) is 8.29. The summed E-state index contributed by atoms with van der Waals surface area (Å²) in [5.74, 6) is -0.0834. The first-order valence-corrected chi connectivity index (χ1v) is 11.4. The third-order valence-electron chi connectivity index (χ3n) is 6.39. The molecular weight excluding hydrogens is 452 g/mol. The van der Waals surface area contributed by atoms with E-state index in [1.807, 2.05) is 0 Å². The number of methoxy groups -OCH3 is 3. The summed E-state index contributed by atoms with van der Waals surface area (Å²) in [6.45, 7) is 3.75. The first kappa shape index (κ1) is 24.6. The number of rotatable bonds is 8. The first-order chi connectivity index (χ1) is 17.0. The van der Waals surface area contributed by atoms with Crippen molar-refractivity contribution < 1.29 is 33.6 Å². The van der Waals surface area contributed by atoms with Crippen molar-refractivity contribution in [3.63, 3.8) is 0 Å². The Kier molecular flexibility index (Phi) is 7.57. The molecule has 2 aromatic carbocycles. The maximum atomic E-state index is 13.2. The number of aliphatic hydroxyl groups is 1. The van der Waals surface area contributed by atoms with E-state index in [1.54, 1.807) is 49.6 Å². The zero-order chi connectivity index (χ0) is 24.9. The average molecular weight is 483 g/mol. The Hall–Kier alpha value is -3.56. The fourth-order valence-electron chi connectivity index (χ4n) is 4.46. The second-order valence-electron chi connectivity index (χ2n) is 8.29. The molecular formula is C26H30N2O7. The molecule has 0 spiro atoms. The van der Waals surface area contributed by atoms with Gasteiger partial charge in [-0.05, 0) is 35.9 Å². The van der Waals surface area contributed by atoms with Gasteiger partial charge in [0.25, 0.3) is 11.7 Å². The predicted molar refractivity (Wildman–Crippen MR) is 129 cm³/mol. The molecule has 9 heteroatoms. The molecule has 186 valence electrons. The van der Waals surface area contributed by atoms with Gasteiger partial charge in [-0.3, -0.25) is 14.5 Å². The molecule has 1 atom stereocenters. The summed E-state index contributed by atoms with van der Waals surface area (Å²) in [6, 6.07) is 11.3. The molecule has 2 aliphatic heterocycles. The van der Waals surface area contributed by atoms with Crippen LogP contribution in [0.25, 0.3) is 5.76 Å². The predicted octanol–water partition coefficient (Wildman–Crippen LogP) is 2.47. The average Bonchev–Trinajstić information content (AvgIpc) is 3.16. The van der Waals surface area contributed by atoms with E-state index in [0.29, 0.717) is 54.7 Å².